The first-order valence-corrected chi connectivity index (χ1v) is 6.31. The minimum absolute atomic E-state index is 0.188. The predicted octanol–water partition coefficient (Wildman–Crippen LogP) is 3.56. The molecule has 0 fully saturated rings. The fraction of sp³-hybridized carbons (Fsp3) is 0.600. The highest BCUT2D eigenvalue weighted by atomic mass is 16.3. The summed E-state index contributed by atoms with van der Waals surface area (Å²) in [5.74, 6) is 0. The zero-order valence-corrected chi connectivity index (χ0v) is 11.7. The van der Waals surface area contributed by atoms with Crippen LogP contribution in [0.2, 0.25) is 0 Å². The lowest BCUT2D eigenvalue weighted by Crippen LogP contribution is -2.32. The van der Waals surface area contributed by atoms with E-state index in [1.807, 2.05) is 13.8 Å². The van der Waals surface area contributed by atoms with Crippen LogP contribution in [0.4, 0.5) is 5.69 Å². The van der Waals surface area contributed by atoms with Crippen LogP contribution in [0.25, 0.3) is 0 Å². The maximum atomic E-state index is 9.91. The van der Waals surface area contributed by atoms with Crippen LogP contribution < -0.4 is 5.32 Å². The molecule has 0 heterocycles. The summed E-state index contributed by atoms with van der Waals surface area (Å²) in [6.07, 6.45) is 0.750. The maximum Gasteiger partial charge on any atom is 0.0788 e. The summed E-state index contributed by atoms with van der Waals surface area (Å²) in [5, 5.41) is 13.2. The largest absolute Gasteiger partial charge is 0.388 e. The zero-order chi connectivity index (χ0) is 13.1. The van der Waals surface area contributed by atoms with Crippen molar-refractivity contribution in [1.82, 2.24) is 0 Å². The number of nitrogens with one attached hydrogen (secondary N) is 1. The highest BCUT2D eigenvalue weighted by Gasteiger charge is 2.17. The molecule has 96 valence electrons. The van der Waals surface area contributed by atoms with Crippen molar-refractivity contribution in [3.63, 3.8) is 0 Å². The van der Waals surface area contributed by atoms with Crippen molar-refractivity contribution in [3.8, 4) is 0 Å². The van der Waals surface area contributed by atoms with E-state index in [0.29, 0.717) is 6.54 Å². The second-order valence-corrected chi connectivity index (χ2v) is 6.03. The fourth-order valence-electron chi connectivity index (χ4n) is 1.51. The smallest absolute Gasteiger partial charge is 0.0788 e. The molecule has 0 aromatic heterocycles. The lowest BCUT2D eigenvalue weighted by molar-refractivity contribution is 0.0697. The number of hydrogen-bond donors (Lipinski definition) is 2. The van der Waals surface area contributed by atoms with Crippen LogP contribution in [-0.2, 0) is 5.41 Å². The number of anilines is 1. The van der Waals surface area contributed by atoms with Gasteiger partial charge >= 0.3 is 0 Å². The first-order chi connectivity index (χ1) is 7.74. The van der Waals surface area contributed by atoms with Gasteiger partial charge in [0.2, 0.25) is 0 Å². The third kappa shape index (κ3) is 4.39. The minimum Gasteiger partial charge on any atom is -0.388 e. The Morgan fingerprint density at radius 2 is 1.59 bits per heavy atom. The molecule has 0 bridgehead atoms. The van der Waals surface area contributed by atoms with E-state index in [4.69, 9.17) is 0 Å². The van der Waals surface area contributed by atoms with Gasteiger partial charge in [0.05, 0.1) is 5.60 Å². The highest BCUT2D eigenvalue weighted by Crippen LogP contribution is 2.23. The SMILES string of the molecule is CCC(C)(O)CNc1ccc(C(C)(C)C)cc1. The van der Waals surface area contributed by atoms with E-state index in [9.17, 15) is 5.11 Å². The fourth-order valence-corrected chi connectivity index (χ4v) is 1.51. The van der Waals surface area contributed by atoms with Gasteiger partial charge in [-0.05, 0) is 36.5 Å². The summed E-state index contributed by atoms with van der Waals surface area (Å²) in [4.78, 5) is 0. The summed E-state index contributed by atoms with van der Waals surface area (Å²) in [7, 11) is 0. The molecule has 0 saturated carbocycles. The molecule has 2 heteroatoms. The minimum atomic E-state index is -0.636. The van der Waals surface area contributed by atoms with Crippen molar-refractivity contribution in [2.45, 2.75) is 52.1 Å². The monoisotopic (exact) mass is 235 g/mol. The molecule has 2 nitrogen and oxygen atoms in total. The predicted molar refractivity (Wildman–Crippen MR) is 74.5 cm³/mol. The molecule has 1 aromatic carbocycles. The summed E-state index contributed by atoms with van der Waals surface area (Å²) < 4.78 is 0. The van der Waals surface area contributed by atoms with E-state index in [-0.39, 0.29) is 5.41 Å². The standard InChI is InChI=1S/C15H25NO/c1-6-15(5,17)11-16-13-9-7-12(8-10-13)14(2,3)4/h7-10,16-17H,6,11H2,1-5H3. The molecule has 0 aliphatic heterocycles. The van der Waals surface area contributed by atoms with Gasteiger partial charge in [-0.2, -0.15) is 0 Å². The average molecular weight is 235 g/mol. The van der Waals surface area contributed by atoms with Gasteiger partial charge in [0, 0.05) is 12.2 Å². The van der Waals surface area contributed by atoms with Gasteiger partial charge in [0.25, 0.3) is 0 Å². The normalized spacial score (nSPS) is 15.4. The molecular formula is C15H25NO. The van der Waals surface area contributed by atoms with Crippen molar-refractivity contribution in [2.24, 2.45) is 0 Å². The van der Waals surface area contributed by atoms with E-state index in [1.165, 1.54) is 5.56 Å². The quantitative estimate of drug-likeness (QED) is 0.836. The topological polar surface area (TPSA) is 32.3 Å². The number of aliphatic hydroxyl groups is 1. The van der Waals surface area contributed by atoms with Gasteiger partial charge in [-0.1, -0.05) is 39.8 Å². The maximum absolute atomic E-state index is 9.91. The molecule has 1 atom stereocenters. The van der Waals surface area contributed by atoms with Crippen molar-refractivity contribution in [2.75, 3.05) is 11.9 Å². The second kappa shape index (κ2) is 5.09. The Labute approximate surface area is 105 Å². The molecule has 2 N–H and O–H groups in total. The van der Waals surface area contributed by atoms with Gasteiger partial charge in [-0.3, -0.25) is 0 Å². The molecule has 17 heavy (non-hydrogen) atoms. The van der Waals surface area contributed by atoms with Gasteiger partial charge in [-0.15, -0.1) is 0 Å². The molecule has 1 aromatic rings. The Bertz CT molecular complexity index is 346. The Morgan fingerprint density at radius 3 is 2.00 bits per heavy atom. The van der Waals surface area contributed by atoms with Crippen LogP contribution in [0.5, 0.6) is 0 Å². The van der Waals surface area contributed by atoms with Crippen molar-refractivity contribution < 1.29 is 5.11 Å². The third-order valence-electron chi connectivity index (χ3n) is 3.19. The van der Waals surface area contributed by atoms with Crippen molar-refractivity contribution in [1.29, 1.82) is 0 Å². The van der Waals surface area contributed by atoms with Gasteiger partial charge in [0.1, 0.15) is 0 Å². The molecular weight excluding hydrogens is 210 g/mol. The first kappa shape index (κ1) is 14.0. The summed E-state index contributed by atoms with van der Waals surface area (Å²) in [6, 6.07) is 8.44. The Kier molecular flexibility index (Phi) is 4.21. The van der Waals surface area contributed by atoms with E-state index in [1.54, 1.807) is 0 Å². The Balaban J connectivity index is 2.64. The molecule has 0 spiro atoms. The van der Waals surface area contributed by atoms with E-state index in [2.05, 4.69) is 50.4 Å². The second-order valence-electron chi connectivity index (χ2n) is 6.03. The zero-order valence-electron chi connectivity index (χ0n) is 11.7. The molecule has 0 aliphatic rings. The van der Waals surface area contributed by atoms with Crippen LogP contribution in [0.1, 0.15) is 46.6 Å². The van der Waals surface area contributed by atoms with E-state index >= 15 is 0 Å². The van der Waals surface area contributed by atoms with E-state index in [0.717, 1.165) is 12.1 Å². The van der Waals surface area contributed by atoms with Crippen LogP contribution >= 0.6 is 0 Å². The van der Waals surface area contributed by atoms with Crippen LogP contribution in [-0.4, -0.2) is 17.3 Å². The van der Waals surface area contributed by atoms with Gasteiger partial charge in [-0.25, -0.2) is 0 Å². The summed E-state index contributed by atoms with van der Waals surface area (Å²) in [6.45, 7) is 11.0. The molecule has 0 radical (unpaired) electrons. The van der Waals surface area contributed by atoms with Crippen molar-refractivity contribution >= 4 is 5.69 Å². The average Bonchev–Trinajstić information content (AvgIpc) is 2.26. The molecule has 0 aliphatic carbocycles. The lowest BCUT2D eigenvalue weighted by atomic mass is 9.87. The summed E-state index contributed by atoms with van der Waals surface area (Å²) in [5.41, 5.74) is 1.94. The highest BCUT2D eigenvalue weighted by molar-refractivity contribution is 5.46. The number of hydrogen-bond acceptors (Lipinski definition) is 2. The first-order valence-electron chi connectivity index (χ1n) is 6.31. The Morgan fingerprint density at radius 1 is 1.06 bits per heavy atom. The van der Waals surface area contributed by atoms with Gasteiger partial charge < -0.3 is 10.4 Å². The van der Waals surface area contributed by atoms with E-state index < -0.39 is 5.60 Å². The molecule has 0 amide bonds. The number of rotatable bonds is 4. The van der Waals surface area contributed by atoms with Gasteiger partial charge in [0.15, 0.2) is 0 Å². The lowest BCUT2D eigenvalue weighted by Gasteiger charge is -2.23. The van der Waals surface area contributed by atoms with Crippen molar-refractivity contribution in [3.05, 3.63) is 29.8 Å². The van der Waals surface area contributed by atoms with Crippen LogP contribution in [0, 0.1) is 0 Å². The Hall–Kier alpha value is -1.02. The van der Waals surface area contributed by atoms with Crippen LogP contribution in [0.3, 0.4) is 0 Å². The molecule has 1 rings (SSSR count). The van der Waals surface area contributed by atoms with Crippen LogP contribution in [0.15, 0.2) is 24.3 Å². The summed E-state index contributed by atoms with van der Waals surface area (Å²) >= 11 is 0. The molecule has 1 unspecified atom stereocenters. The number of benzene rings is 1. The molecule has 0 saturated heterocycles. The third-order valence-corrected chi connectivity index (χ3v) is 3.19.